The smallest absolute Gasteiger partial charge is 0.315 e. The quantitative estimate of drug-likeness (QED) is 0.114. The van der Waals surface area contributed by atoms with E-state index in [1.807, 2.05) is 13.8 Å². The van der Waals surface area contributed by atoms with Crippen molar-refractivity contribution in [3.63, 3.8) is 0 Å². The molecule has 0 spiro atoms. The lowest BCUT2D eigenvalue weighted by atomic mass is 9.33. The van der Waals surface area contributed by atoms with Crippen molar-refractivity contribution in [2.75, 3.05) is 13.2 Å². The number of ether oxygens (including phenoxy) is 4. The van der Waals surface area contributed by atoms with E-state index in [9.17, 15) is 45.6 Å². The Morgan fingerprint density at radius 2 is 1.50 bits per heavy atom. The van der Waals surface area contributed by atoms with E-state index in [0.29, 0.717) is 31.6 Å². The van der Waals surface area contributed by atoms with Gasteiger partial charge in [0.15, 0.2) is 6.29 Å². The fraction of sp³-hybridized carbons (Fsp3) is 0.927. The molecular formula is C41H66O13. The van der Waals surface area contributed by atoms with Crippen molar-refractivity contribution in [1.29, 1.82) is 0 Å². The van der Waals surface area contributed by atoms with Crippen LogP contribution in [0.4, 0.5) is 0 Å². The Hall–Kier alpha value is -1.23. The predicted octanol–water partition coefficient (Wildman–Crippen LogP) is 1.93. The van der Waals surface area contributed by atoms with Gasteiger partial charge in [0, 0.05) is 5.92 Å². The summed E-state index contributed by atoms with van der Waals surface area (Å²) in [7, 11) is 0. The summed E-state index contributed by atoms with van der Waals surface area (Å²) in [5, 5.41) is 84.8. The molecule has 308 valence electrons. The van der Waals surface area contributed by atoms with Crippen LogP contribution in [0.25, 0.3) is 0 Å². The molecule has 7 aliphatic rings. The number of carbonyl (C=O) groups excluding carboxylic acids is 1. The fourth-order valence-electron chi connectivity index (χ4n) is 13.5. The lowest BCUT2D eigenvalue weighted by Crippen LogP contribution is -2.68. The molecule has 8 N–H and O–H groups in total. The zero-order valence-electron chi connectivity index (χ0n) is 33.1. The van der Waals surface area contributed by atoms with Gasteiger partial charge in [-0.2, -0.15) is 0 Å². The molecule has 2 saturated heterocycles. The Morgan fingerprint density at radius 3 is 2.19 bits per heavy atom. The first-order chi connectivity index (χ1) is 25.1. The Morgan fingerprint density at radius 1 is 0.815 bits per heavy atom. The van der Waals surface area contributed by atoms with E-state index in [4.69, 9.17) is 18.9 Å². The summed E-state index contributed by atoms with van der Waals surface area (Å²) < 4.78 is 23.7. The second-order valence-electron chi connectivity index (χ2n) is 19.9. The predicted molar refractivity (Wildman–Crippen MR) is 193 cm³/mol. The SMILES string of the molecule is C[C@@H]1CC[C@]2(C(=O)O[C@@H]3O[C@H](CO)[C@@H](O)[C@H](O)[C@H]3O)CC[C@]3(C)C(=CC[C@@H]4[C@@]5(C)CC[C@H](O[C@@H]6OC[C@H](O)[C@H](O)[C@H]6O)C(C)(C)[C@@H]5CC[C@]43C)[C@H]2[C@]1(C)O. The van der Waals surface area contributed by atoms with Crippen molar-refractivity contribution < 1.29 is 64.6 Å². The van der Waals surface area contributed by atoms with Crippen LogP contribution in [0.1, 0.15) is 106 Å². The van der Waals surface area contributed by atoms with E-state index < -0.39 is 84.8 Å². The van der Waals surface area contributed by atoms with Crippen LogP contribution in [0.5, 0.6) is 0 Å². The maximum Gasteiger partial charge on any atom is 0.315 e. The molecule has 2 aliphatic heterocycles. The Labute approximate surface area is 319 Å². The Balaban J connectivity index is 1.19. The molecule has 0 aromatic carbocycles. The maximum atomic E-state index is 14.6. The standard InChI is InChI=1S/C41H66O13/c1-20-10-15-41(35(49)54-34-31(48)29(46)28(45)23(18-42)52-34)17-16-38(5)21(32(41)40(20,7)50)8-9-25-37(4)13-12-26(36(2,3)24(37)11-14-39(25,38)6)53-33-30(47)27(44)22(43)19-51-33/h8,20,22-34,42-48,50H,9-19H2,1-7H3/t20-,22+,23-,24+,25-,26+,27+,28-,29+,30-,31-,32+,33+,34+,37+,38-,39-,40-,41+/m1/s1. The van der Waals surface area contributed by atoms with Gasteiger partial charge in [-0.25, -0.2) is 0 Å². The van der Waals surface area contributed by atoms with Crippen LogP contribution in [0.2, 0.25) is 0 Å². The first kappa shape index (κ1) is 40.9. The number of carbonyl (C=O) groups is 1. The van der Waals surface area contributed by atoms with Crippen LogP contribution in [-0.2, 0) is 23.7 Å². The summed E-state index contributed by atoms with van der Waals surface area (Å²) in [6.07, 6.45) is -4.04. The number of fused-ring (bicyclic) bond motifs is 7. The van der Waals surface area contributed by atoms with Gasteiger partial charge in [-0.15, -0.1) is 0 Å². The van der Waals surface area contributed by atoms with Gasteiger partial charge in [0.1, 0.15) is 42.7 Å². The zero-order valence-corrected chi connectivity index (χ0v) is 33.1. The fourth-order valence-corrected chi connectivity index (χ4v) is 13.5. The van der Waals surface area contributed by atoms with Gasteiger partial charge in [-0.05, 0) is 104 Å². The van der Waals surface area contributed by atoms with E-state index in [-0.39, 0.29) is 46.2 Å². The number of rotatable bonds is 5. The van der Waals surface area contributed by atoms with Crippen molar-refractivity contribution in [1.82, 2.24) is 0 Å². The molecular weight excluding hydrogens is 700 g/mol. The maximum absolute atomic E-state index is 14.6. The third-order valence-corrected chi connectivity index (χ3v) is 17.2. The Kier molecular flexibility index (Phi) is 10.4. The van der Waals surface area contributed by atoms with Crippen LogP contribution < -0.4 is 0 Å². The van der Waals surface area contributed by atoms with Crippen molar-refractivity contribution >= 4 is 5.97 Å². The molecule has 0 amide bonds. The normalized spacial score (nSPS) is 55.6. The monoisotopic (exact) mass is 766 g/mol. The van der Waals surface area contributed by atoms with Gasteiger partial charge in [-0.1, -0.05) is 53.2 Å². The van der Waals surface area contributed by atoms with E-state index >= 15 is 0 Å². The molecule has 5 aliphatic carbocycles. The van der Waals surface area contributed by atoms with Crippen LogP contribution in [0, 0.1) is 50.7 Å². The topological polar surface area (TPSA) is 216 Å². The molecule has 0 unspecified atom stereocenters. The van der Waals surface area contributed by atoms with E-state index in [1.165, 1.54) is 0 Å². The van der Waals surface area contributed by atoms with Gasteiger partial charge < -0.3 is 59.8 Å². The molecule has 6 fully saturated rings. The van der Waals surface area contributed by atoms with Crippen LogP contribution >= 0.6 is 0 Å². The van der Waals surface area contributed by atoms with Crippen LogP contribution in [0.15, 0.2) is 11.6 Å². The van der Waals surface area contributed by atoms with Gasteiger partial charge in [-0.3, -0.25) is 4.79 Å². The summed E-state index contributed by atoms with van der Waals surface area (Å²) >= 11 is 0. The summed E-state index contributed by atoms with van der Waals surface area (Å²) in [4.78, 5) is 14.6. The number of aliphatic hydroxyl groups excluding tert-OH is 7. The number of esters is 1. The second-order valence-corrected chi connectivity index (χ2v) is 19.9. The van der Waals surface area contributed by atoms with Crippen molar-refractivity contribution in [2.45, 2.75) is 173 Å². The summed E-state index contributed by atoms with van der Waals surface area (Å²) in [6, 6.07) is 0. The third-order valence-electron chi connectivity index (χ3n) is 17.2. The zero-order chi connectivity index (χ0) is 39.6. The molecule has 0 radical (unpaired) electrons. The summed E-state index contributed by atoms with van der Waals surface area (Å²) in [6.45, 7) is 14.8. The summed E-state index contributed by atoms with van der Waals surface area (Å²) in [5.41, 5.74) is -2.15. The first-order valence-electron chi connectivity index (χ1n) is 20.4. The van der Waals surface area contributed by atoms with Gasteiger partial charge >= 0.3 is 5.97 Å². The molecule has 13 nitrogen and oxygen atoms in total. The molecule has 7 rings (SSSR count). The molecule has 0 aromatic heterocycles. The molecule has 0 bridgehead atoms. The number of allylic oxidation sites excluding steroid dienone is 1. The summed E-state index contributed by atoms with van der Waals surface area (Å²) in [5.74, 6) is -0.699. The lowest BCUT2D eigenvalue weighted by molar-refractivity contribution is -0.308. The van der Waals surface area contributed by atoms with Crippen molar-refractivity contribution in [3.05, 3.63) is 11.6 Å². The van der Waals surface area contributed by atoms with E-state index in [2.05, 4.69) is 40.7 Å². The number of hydrogen-bond acceptors (Lipinski definition) is 13. The second kappa shape index (κ2) is 13.7. The third kappa shape index (κ3) is 5.68. The average Bonchev–Trinajstić information content (AvgIpc) is 3.11. The van der Waals surface area contributed by atoms with Gasteiger partial charge in [0.2, 0.25) is 6.29 Å². The van der Waals surface area contributed by atoms with Crippen LogP contribution in [-0.4, -0.2) is 127 Å². The molecule has 2 heterocycles. The average molecular weight is 767 g/mol. The molecule has 54 heavy (non-hydrogen) atoms. The number of hydrogen-bond donors (Lipinski definition) is 8. The van der Waals surface area contributed by atoms with Gasteiger partial charge in [0.25, 0.3) is 0 Å². The highest BCUT2D eigenvalue weighted by Gasteiger charge is 2.72. The largest absolute Gasteiger partial charge is 0.432 e. The van der Waals surface area contributed by atoms with Crippen LogP contribution in [0.3, 0.4) is 0 Å². The molecule has 0 aromatic rings. The van der Waals surface area contributed by atoms with E-state index in [0.717, 1.165) is 37.7 Å². The highest BCUT2D eigenvalue weighted by Crippen LogP contribution is 2.76. The highest BCUT2D eigenvalue weighted by molar-refractivity contribution is 5.79. The lowest BCUT2D eigenvalue weighted by Gasteiger charge is -2.72. The number of aliphatic hydroxyl groups is 8. The minimum absolute atomic E-state index is 0.0674. The van der Waals surface area contributed by atoms with Crippen molar-refractivity contribution in [3.8, 4) is 0 Å². The first-order valence-corrected chi connectivity index (χ1v) is 20.4. The highest BCUT2D eigenvalue weighted by atomic mass is 16.7. The molecule has 4 saturated carbocycles. The minimum Gasteiger partial charge on any atom is -0.432 e. The molecule has 19 atom stereocenters. The Bertz CT molecular complexity index is 1470. The van der Waals surface area contributed by atoms with Crippen molar-refractivity contribution in [2.24, 2.45) is 50.7 Å². The molecule has 13 heteroatoms. The minimum atomic E-state index is -1.72. The van der Waals surface area contributed by atoms with Gasteiger partial charge in [0.05, 0.1) is 30.3 Å². The van der Waals surface area contributed by atoms with E-state index in [1.54, 1.807) is 0 Å².